The molecule has 0 spiro atoms. The molecule has 2 N–H and O–H groups in total. The van der Waals surface area contributed by atoms with Crippen molar-refractivity contribution in [3.8, 4) is 0 Å². The fraction of sp³-hybridized carbons (Fsp3) is 0.619. The van der Waals surface area contributed by atoms with Gasteiger partial charge in [-0.15, -0.1) is 24.0 Å². The van der Waals surface area contributed by atoms with Gasteiger partial charge in [0.05, 0.1) is 19.1 Å². The molecule has 2 aliphatic heterocycles. The molecule has 0 bridgehead atoms. The highest BCUT2D eigenvalue weighted by atomic mass is 127. The third-order valence-electron chi connectivity index (χ3n) is 5.72. The predicted octanol–water partition coefficient (Wildman–Crippen LogP) is 2.32. The topological polar surface area (TPSA) is 77.4 Å². The van der Waals surface area contributed by atoms with E-state index in [0.29, 0.717) is 32.7 Å². The maximum Gasteiger partial charge on any atom is 0.410 e. The van der Waals surface area contributed by atoms with Gasteiger partial charge in [0.25, 0.3) is 0 Å². The summed E-state index contributed by atoms with van der Waals surface area (Å²) in [6, 6.07) is 8.27. The molecule has 7 nitrogen and oxygen atoms in total. The number of rotatable bonds is 2. The molecule has 29 heavy (non-hydrogen) atoms. The Hall–Kier alpha value is -1.55. The maximum atomic E-state index is 12.3. The van der Waals surface area contributed by atoms with Crippen LogP contribution in [0.1, 0.15) is 38.3 Å². The van der Waals surface area contributed by atoms with Crippen LogP contribution in [0.15, 0.2) is 29.3 Å². The highest BCUT2D eigenvalue weighted by Crippen LogP contribution is 2.36. The Labute approximate surface area is 189 Å². The average molecular weight is 514 g/mol. The molecule has 4 rings (SSSR count). The number of hydrogen-bond donors (Lipinski definition) is 2. The number of piperazine rings is 1. The number of hydrogen-bond acceptors (Lipinski definition) is 6. The van der Waals surface area contributed by atoms with E-state index >= 15 is 0 Å². The Balaban J connectivity index is 0.00000240. The van der Waals surface area contributed by atoms with Gasteiger partial charge in [-0.3, -0.25) is 4.99 Å². The number of amides is 1. The van der Waals surface area contributed by atoms with Gasteiger partial charge in [0.15, 0.2) is 5.96 Å². The van der Waals surface area contributed by atoms with Crippen LogP contribution in [0, 0.1) is 0 Å². The van der Waals surface area contributed by atoms with E-state index in [9.17, 15) is 9.90 Å². The average Bonchev–Trinajstić information content (AvgIpc) is 3.20. The van der Waals surface area contributed by atoms with Crippen molar-refractivity contribution in [2.24, 2.45) is 4.99 Å². The second-order valence-corrected chi connectivity index (χ2v) is 8.98. The van der Waals surface area contributed by atoms with E-state index < -0.39 is 11.2 Å². The van der Waals surface area contributed by atoms with Gasteiger partial charge in [0.1, 0.15) is 11.2 Å². The zero-order valence-corrected chi connectivity index (χ0v) is 19.7. The molecular formula is C21H31IN4O3. The lowest BCUT2D eigenvalue weighted by Crippen LogP contribution is -2.58. The lowest BCUT2D eigenvalue weighted by Gasteiger charge is -2.39. The minimum absolute atomic E-state index is 0. The first kappa shape index (κ1) is 22.1. The lowest BCUT2D eigenvalue weighted by atomic mass is 9.96. The quantitative estimate of drug-likeness (QED) is 0.593. The summed E-state index contributed by atoms with van der Waals surface area (Å²) in [5.41, 5.74) is 0.909. The Kier molecular flexibility index (Phi) is 6.33. The van der Waals surface area contributed by atoms with Gasteiger partial charge in [-0.05, 0) is 44.7 Å². The number of benzene rings is 1. The van der Waals surface area contributed by atoms with Crippen molar-refractivity contribution < 1.29 is 14.6 Å². The second-order valence-electron chi connectivity index (χ2n) is 8.98. The molecule has 0 saturated carbocycles. The molecule has 2 unspecified atom stereocenters. The van der Waals surface area contributed by atoms with Crippen molar-refractivity contribution >= 4 is 36.0 Å². The number of guanidine groups is 1. The summed E-state index contributed by atoms with van der Waals surface area (Å²) in [7, 11) is 0. The van der Waals surface area contributed by atoms with Crippen LogP contribution in [0.2, 0.25) is 0 Å². The van der Waals surface area contributed by atoms with Crippen LogP contribution >= 0.6 is 24.0 Å². The van der Waals surface area contributed by atoms with Crippen molar-refractivity contribution in [2.75, 3.05) is 32.7 Å². The molecule has 1 aromatic carbocycles. The summed E-state index contributed by atoms with van der Waals surface area (Å²) in [5.74, 6) is 0.826. The van der Waals surface area contributed by atoms with Crippen LogP contribution in [-0.2, 0) is 16.8 Å². The molecule has 160 valence electrons. The smallest absolute Gasteiger partial charge is 0.410 e. The molecule has 1 aromatic rings. The van der Waals surface area contributed by atoms with E-state index in [-0.39, 0.29) is 36.1 Å². The zero-order chi connectivity index (χ0) is 19.9. The molecular weight excluding hydrogens is 483 g/mol. The van der Waals surface area contributed by atoms with E-state index in [1.54, 1.807) is 4.90 Å². The first-order valence-corrected chi connectivity index (χ1v) is 10.1. The van der Waals surface area contributed by atoms with Crippen molar-refractivity contribution in [2.45, 2.75) is 50.9 Å². The highest BCUT2D eigenvalue weighted by molar-refractivity contribution is 14.0. The number of aliphatic hydroxyl groups is 1. The SMILES string of the molecule is CC(C)(C)OC(=O)N1CCN2C(NCC3(O)CCc4ccccc43)=NCC2C1.I. The van der Waals surface area contributed by atoms with Crippen molar-refractivity contribution in [3.63, 3.8) is 0 Å². The van der Waals surface area contributed by atoms with E-state index in [1.165, 1.54) is 5.56 Å². The molecule has 8 heteroatoms. The largest absolute Gasteiger partial charge is 0.444 e. The van der Waals surface area contributed by atoms with Crippen LogP contribution in [0.4, 0.5) is 4.79 Å². The molecule has 1 amide bonds. The predicted molar refractivity (Wildman–Crippen MR) is 123 cm³/mol. The number of aliphatic imine (C=N–C) groups is 1. The Morgan fingerprint density at radius 1 is 1.34 bits per heavy atom. The van der Waals surface area contributed by atoms with Crippen molar-refractivity contribution in [1.29, 1.82) is 0 Å². The summed E-state index contributed by atoms with van der Waals surface area (Å²) in [5, 5.41) is 14.5. The Bertz CT molecular complexity index is 794. The molecule has 2 atom stereocenters. The molecule has 0 radical (unpaired) electrons. The van der Waals surface area contributed by atoms with Crippen molar-refractivity contribution in [1.82, 2.24) is 15.1 Å². The number of aryl methyl sites for hydroxylation is 1. The number of carbonyl (C=O) groups is 1. The third-order valence-corrected chi connectivity index (χ3v) is 5.72. The maximum absolute atomic E-state index is 12.3. The molecule has 1 aliphatic carbocycles. The lowest BCUT2D eigenvalue weighted by molar-refractivity contribution is 0.0134. The van der Waals surface area contributed by atoms with Crippen LogP contribution in [-0.4, -0.2) is 71.3 Å². The third kappa shape index (κ3) is 4.63. The number of nitrogens with one attached hydrogen (secondary N) is 1. The summed E-state index contributed by atoms with van der Waals surface area (Å²) in [6.45, 7) is 8.68. The normalized spacial score (nSPS) is 25.7. The van der Waals surface area contributed by atoms with Gasteiger partial charge >= 0.3 is 6.09 Å². The van der Waals surface area contributed by atoms with E-state index in [2.05, 4.69) is 21.3 Å². The molecule has 2 heterocycles. The van der Waals surface area contributed by atoms with E-state index in [0.717, 1.165) is 24.4 Å². The van der Waals surface area contributed by atoms with Crippen LogP contribution in [0.5, 0.6) is 0 Å². The van der Waals surface area contributed by atoms with E-state index in [1.807, 2.05) is 39.0 Å². The van der Waals surface area contributed by atoms with E-state index in [4.69, 9.17) is 4.74 Å². The standard InChI is InChI=1S/C21H30N4O3.HI/c1-20(2,3)28-19(26)24-10-11-25-16(13-24)12-22-18(25)23-14-21(27)9-8-15-6-4-5-7-17(15)21;/h4-7,16,27H,8-14H2,1-3H3,(H,22,23);1H. The summed E-state index contributed by atoms with van der Waals surface area (Å²) >= 11 is 0. The summed E-state index contributed by atoms with van der Waals surface area (Å²) in [4.78, 5) is 21.0. The fourth-order valence-corrected chi connectivity index (χ4v) is 4.30. The minimum Gasteiger partial charge on any atom is -0.444 e. The second kappa shape index (κ2) is 8.29. The number of fused-ring (bicyclic) bond motifs is 2. The highest BCUT2D eigenvalue weighted by Gasteiger charge is 2.39. The van der Waals surface area contributed by atoms with Gasteiger partial charge in [0, 0.05) is 19.6 Å². The number of ether oxygens (including phenoxy) is 1. The van der Waals surface area contributed by atoms with Gasteiger partial charge < -0.3 is 25.0 Å². The van der Waals surface area contributed by atoms with Crippen LogP contribution < -0.4 is 5.32 Å². The van der Waals surface area contributed by atoms with Crippen molar-refractivity contribution in [3.05, 3.63) is 35.4 Å². The Morgan fingerprint density at radius 2 is 2.10 bits per heavy atom. The zero-order valence-electron chi connectivity index (χ0n) is 17.4. The van der Waals surface area contributed by atoms with Crippen LogP contribution in [0.25, 0.3) is 0 Å². The fourth-order valence-electron chi connectivity index (χ4n) is 4.30. The first-order valence-electron chi connectivity index (χ1n) is 10.1. The van der Waals surface area contributed by atoms with Gasteiger partial charge in [0.2, 0.25) is 0 Å². The molecule has 1 saturated heterocycles. The Morgan fingerprint density at radius 3 is 2.86 bits per heavy atom. The summed E-state index contributed by atoms with van der Waals surface area (Å²) < 4.78 is 5.50. The van der Waals surface area contributed by atoms with Crippen LogP contribution in [0.3, 0.4) is 0 Å². The summed E-state index contributed by atoms with van der Waals surface area (Å²) in [6.07, 6.45) is 1.37. The first-order chi connectivity index (χ1) is 13.3. The van der Waals surface area contributed by atoms with Gasteiger partial charge in [-0.2, -0.15) is 0 Å². The minimum atomic E-state index is -0.852. The number of carbonyl (C=O) groups excluding carboxylic acids is 1. The number of halogens is 1. The molecule has 3 aliphatic rings. The molecule has 0 aromatic heterocycles. The van der Waals surface area contributed by atoms with Gasteiger partial charge in [-0.25, -0.2) is 4.79 Å². The monoisotopic (exact) mass is 514 g/mol. The number of nitrogens with zero attached hydrogens (tertiary/aromatic N) is 3. The van der Waals surface area contributed by atoms with Gasteiger partial charge in [-0.1, -0.05) is 24.3 Å². The molecule has 1 fully saturated rings.